The van der Waals surface area contributed by atoms with Crippen LogP contribution in [0.15, 0.2) is 0 Å². The number of hydrogen-bond donors (Lipinski definition) is 1. The summed E-state index contributed by atoms with van der Waals surface area (Å²) in [6, 6.07) is 0. The summed E-state index contributed by atoms with van der Waals surface area (Å²) in [5.74, 6) is -0.737. The van der Waals surface area contributed by atoms with Crippen LogP contribution in [0.4, 0.5) is 0 Å². The fraction of sp³-hybridized carbons (Fsp3) is 0.857. The molecule has 0 aromatic rings. The molecule has 0 aliphatic carbocycles. The first kappa shape index (κ1) is 12.1. The van der Waals surface area contributed by atoms with Gasteiger partial charge in [0.05, 0.1) is 6.42 Å². The molecular formula is C7H17NO2. The van der Waals surface area contributed by atoms with Crippen LogP contribution in [-0.2, 0) is 4.79 Å². The fourth-order valence-electron chi connectivity index (χ4n) is 0.319. The third-order valence-corrected chi connectivity index (χ3v) is 0.773. The second-order valence-corrected chi connectivity index (χ2v) is 1.95. The summed E-state index contributed by atoms with van der Waals surface area (Å²) < 4.78 is 0. The number of nitrogens with zero attached hydrogens (tertiary/aromatic N) is 1. The molecule has 0 fully saturated rings. The first-order chi connectivity index (χ1) is 4.63. The minimum Gasteiger partial charge on any atom is -0.481 e. The number of carbonyl (C=O) groups is 1. The molecule has 0 aromatic heterocycles. The van der Waals surface area contributed by atoms with E-state index >= 15 is 0 Å². The summed E-state index contributed by atoms with van der Waals surface area (Å²) >= 11 is 0. The summed E-state index contributed by atoms with van der Waals surface area (Å²) in [6.07, 6.45) is 0.229. The van der Waals surface area contributed by atoms with Gasteiger partial charge in [-0.25, -0.2) is 0 Å². The van der Waals surface area contributed by atoms with Crippen LogP contribution in [0, 0.1) is 0 Å². The van der Waals surface area contributed by atoms with Gasteiger partial charge in [0.2, 0.25) is 0 Å². The predicted octanol–water partition coefficient (Wildman–Crippen LogP) is 1.05. The highest BCUT2D eigenvalue weighted by atomic mass is 16.4. The summed E-state index contributed by atoms with van der Waals surface area (Å²) in [4.78, 5) is 11.7. The van der Waals surface area contributed by atoms with E-state index < -0.39 is 5.97 Å². The van der Waals surface area contributed by atoms with Crippen molar-refractivity contribution in [2.75, 3.05) is 20.6 Å². The van der Waals surface area contributed by atoms with Crippen LogP contribution in [0.1, 0.15) is 20.3 Å². The lowest BCUT2D eigenvalue weighted by molar-refractivity contribution is -0.137. The topological polar surface area (TPSA) is 40.5 Å². The summed E-state index contributed by atoms with van der Waals surface area (Å²) in [5, 5.41) is 8.14. The molecular weight excluding hydrogens is 130 g/mol. The Balaban J connectivity index is 0. The minimum atomic E-state index is -0.737. The maximum atomic E-state index is 9.88. The van der Waals surface area contributed by atoms with Crippen molar-refractivity contribution in [1.29, 1.82) is 0 Å². The van der Waals surface area contributed by atoms with Crippen LogP contribution in [-0.4, -0.2) is 36.6 Å². The number of aliphatic carboxylic acids is 1. The van der Waals surface area contributed by atoms with Gasteiger partial charge in [-0.2, -0.15) is 0 Å². The molecule has 0 heterocycles. The van der Waals surface area contributed by atoms with Gasteiger partial charge in [-0.05, 0) is 14.1 Å². The molecule has 0 spiro atoms. The van der Waals surface area contributed by atoms with Gasteiger partial charge in [0.15, 0.2) is 0 Å². The van der Waals surface area contributed by atoms with Gasteiger partial charge in [-0.1, -0.05) is 13.8 Å². The average Bonchev–Trinajstić information content (AvgIpc) is 1.89. The molecule has 3 heteroatoms. The van der Waals surface area contributed by atoms with Gasteiger partial charge in [0, 0.05) is 6.54 Å². The molecule has 0 atom stereocenters. The lowest BCUT2D eigenvalue weighted by Gasteiger charge is -2.04. The third kappa shape index (κ3) is 15.7. The van der Waals surface area contributed by atoms with Gasteiger partial charge in [-0.3, -0.25) is 4.79 Å². The van der Waals surface area contributed by atoms with E-state index in [1.807, 2.05) is 32.8 Å². The van der Waals surface area contributed by atoms with Crippen molar-refractivity contribution >= 4 is 5.97 Å². The van der Waals surface area contributed by atoms with Crippen LogP contribution in [0.3, 0.4) is 0 Å². The highest BCUT2D eigenvalue weighted by Crippen LogP contribution is 1.80. The summed E-state index contributed by atoms with van der Waals surface area (Å²) in [6.45, 7) is 4.62. The molecule has 3 nitrogen and oxygen atoms in total. The Kier molecular flexibility index (Phi) is 10.2. The predicted molar refractivity (Wildman–Crippen MR) is 42.2 cm³/mol. The fourth-order valence-corrected chi connectivity index (χ4v) is 0.319. The molecule has 0 saturated carbocycles. The zero-order chi connectivity index (χ0) is 8.57. The highest BCUT2D eigenvalue weighted by Gasteiger charge is 1.95. The van der Waals surface area contributed by atoms with E-state index in [0.717, 1.165) is 0 Å². The van der Waals surface area contributed by atoms with Gasteiger partial charge >= 0.3 is 5.97 Å². The number of hydrogen-bond acceptors (Lipinski definition) is 2. The summed E-state index contributed by atoms with van der Waals surface area (Å²) in [5.41, 5.74) is 0. The van der Waals surface area contributed by atoms with Crippen molar-refractivity contribution in [1.82, 2.24) is 4.90 Å². The number of rotatable bonds is 3. The molecule has 0 radical (unpaired) electrons. The van der Waals surface area contributed by atoms with Crippen molar-refractivity contribution in [3.8, 4) is 0 Å². The molecule has 0 aromatic carbocycles. The van der Waals surface area contributed by atoms with Gasteiger partial charge < -0.3 is 10.0 Å². The van der Waals surface area contributed by atoms with Crippen molar-refractivity contribution in [2.24, 2.45) is 0 Å². The molecule has 0 amide bonds. The van der Waals surface area contributed by atoms with Crippen molar-refractivity contribution in [3.05, 3.63) is 0 Å². The van der Waals surface area contributed by atoms with Crippen molar-refractivity contribution in [2.45, 2.75) is 20.3 Å². The van der Waals surface area contributed by atoms with Crippen LogP contribution < -0.4 is 0 Å². The van der Waals surface area contributed by atoms with E-state index in [-0.39, 0.29) is 6.42 Å². The van der Waals surface area contributed by atoms with E-state index in [4.69, 9.17) is 5.11 Å². The average molecular weight is 147 g/mol. The molecule has 0 saturated heterocycles. The SMILES string of the molecule is CC.CN(C)CCC(=O)O. The molecule has 0 aliphatic rings. The van der Waals surface area contributed by atoms with Crippen LogP contribution in [0.25, 0.3) is 0 Å². The van der Waals surface area contributed by atoms with E-state index in [0.29, 0.717) is 6.54 Å². The Morgan fingerprint density at radius 3 is 1.90 bits per heavy atom. The van der Waals surface area contributed by atoms with Gasteiger partial charge in [-0.15, -0.1) is 0 Å². The zero-order valence-electron chi connectivity index (χ0n) is 7.22. The minimum absolute atomic E-state index is 0.229. The largest absolute Gasteiger partial charge is 0.481 e. The van der Waals surface area contributed by atoms with Crippen LogP contribution in [0.2, 0.25) is 0 Å². The molecule has 0 bridgehead atoms. The normalized spacial score (nSPS) is 8.50. The van der Waals surface area contributed by atoms with E-state index in [1.165, 1.54) is 0 Å². The Bertz CT molecular complexity index is 81.7. The Morgan fingerprint density at radius 1 is 1.40 bits per heavy atom. The summed E-state index contributed by atoms with van der Waals surface area (Å²) in [7, 11) is 3.70. The van der Waals surface area contributed by atoms with Crippen molar-refractivity contribution < 1.29 is 9.90 Å². The van der Waals surface area contributed by atoms with Gasteiger partial charge in [0.1, 0.15) is 0 Å². The lowest BCUT2D eigenvalue weighted by Crippen LogP contribution is -2.15. The third-order valence-electron chi connectivity index (χ3n) is 0.773. The quantitative estimate of drug-likeness (QED) is 0.648. The second-order valence-electron chi connectivity index (χ2n) is 1.95. The standard InChI is InChI=1S/C5H11NO2.C2H6/c1-6(2)4-3-5(7)8;1-2/h3-4H2,1-2H3,(H,7,8);1-2H3. The molecule has 0 unspecified atom stereocenters. The monoisotopic (exact) mass is 147 g/mol. The van der Waals surface area contributed by atoms with Gasteiger partial charge in [0.25, 0.3) is 0 Å². The van der Waals surface area contributed by atoms with Crippen LogP contribution >= 0.6 is 0 Å². The smallest absolute Gasteiger partial charge is 0.304 e. The second kappa shape index (κ2) is 8.43. The first-order valence-electron chi connectivity index (χ1n) is 3.49. The Morgan fingerprint density at radius 2 is 1.80 bits per heavy atom. The first-order valence-corrected chi connectivity index (χ1v) is 3.49. The van der Waals surface area contributed by atoms with E-state index in [1.54, 1.807) is 0 Å². The molecule has 0 rings (SSSR count). The number of carboxylic acids is 1. The van der Waals surface area contributed by atoms with E-state index in [2.05, 4.69) is 0 Å². The maximum Gasteiger partial charge on any atom is 0.304 e. The Labute approximate surface area is 62.7 Å². The van der Waals surface area contributed by atoms with Crippen LogP contribution in [0.5, 0.6) is 0 Å². The van der Waals surface area contributed by atoms with E-state index in [9.17, 15) is 4.79 Å². The molecule has 0 aliphatic heterocycles. The number of carboxylic acid groups (broad SMARTS) is 1. The Hall–Kier alpha value is -0.570. The lowest BCUT2D eigenvalue weighted by atomic mass is 10.4. The molecule has 10 heavy (non-hydrogen) atoms. The molecule has 62 valence electrons. The zero-order valence-corrected chi connectivity index (χ0v) is 7.22. The highest BCUT2D eigenvalue weighted by molar-refractivity contribution is 5.66. The molecule has 1 N–H and O–H groups in total. The maximum absolute atomic E-state index is 9.88. The van der Waals surface area contributed by atoms with Crippen molar-refractivity contribution in [3.63, 3.8) is 0 Å².